The Bertz CT molecular complexity index is 831. The van der Waals surface area contributed by atoms with Gasteiger partial charge in [0, 0.05) is 12.3 Å². The largest absolute Gasteiger partial charge is 0.462 e. The summed E-state index contributed by atoms with van der Waals surface area (Å²) in [6, 6.07) is 0. The van der Waals surface area contributed by atoms with Crippen molar-refractivity contribution >= 4 is 11.8 Å². The molecule has 0 aromatic rings. The standard InChI is InChI=1S/C30H49NO3/c1-19(8-7-17-31)28(3,4)27(33)34-20(2)24-11-12-25-23-10-9-21-18-22(32)13-15-29(21,5)26(23)14-16-30(24,25)6/h18-20,23-26H,7-17,31H2,1-6H3. The van der Waals surface area contributed by atoms with Gasteiger partial charge in [0.1, 0.15) is 6.10 Å². The molecular weight excluding hydrogens is 422 g/mol. The third kappa shape index (κ3) is 4.20. The molecule has 0 amide bonds. The lowest BCUT2D eigenvalue weighted by Crippen LogP contribution is -2.51. The lowest BCUT2D eigenvalue weighted by Gasteiger charge is -2.58. The zero-order valence-corrected chi connectivity index (χ0v) is 22.6. The summed E-state index contributed by atoms with van der Waals surface area (Å²) in [4.78, 5) is 25.4. The number of hydrogen-bond donors (Lipinski definition) is 1. The Labute approximate surface area is 207 Å². The second-order valence-corrected chi connectivity index (χ2v) is 13.4. The summed E-state index contributed by atoms with van der Waals surface area (Å²) in [5.74, 6) is 3.15. The SMILES string of the molecule is CC(OC(=O)C(C)(C)C(C)CCCN)C1CCC2C3CCC4=CC(=O)CCC4(C)C3CCC12C. The van der Waals surface area contributed by atoms with Crippen molar-refractivity contribution in [2.45, 2.75) is 112 Å². The molecule has 4 heteroatoms. The third-order valence-corrected chi connectivity index (χ3v) is 11.5. The molecule has 8 atom stereocenters. The minimum atomic E-state index is -0.487. The van der Waals surface area contributed by atoms with Crippen LogP contribution in [0.15, 0.2) is 11.6 Å². The van der Waals surface area contributed by atoms with Crippen LogP contribution in [0.5, 0.6) is 0 Å². The number of allylic oxidation sites excluding steroid dienone is 1. The first kappa shape index (κ1) is 25.9. The number of esters is 1. The Morgan fingerprint density at radius 2 is 1.85 bits per heavy atom. The van der Waals surface area contributed by atoms with Crippen LogP contribution < -0.4 is 5.73 Å². The van der Waals surface area contributed by atoms with E-state index in [0.29, 0.717) is 30.1 Å². The molecule has 0 aliphatic heterocycles. The van der Waals surface area contributed by atoms with Gasteiger partial charge in [0.15, 0.2) is 5.78 Å². The molecule has 3 saturated carbocycles. The Morgan fingerprint density at radius 3 is 2.56 bits per heavy atom. The van der Waals surface area contributed by atoms with Gasteiger partial charge >= 0.3 is 5.97 Å². The van der Waals surface area contributed by atoms with Crippen molar-refractivity contribution in [2.75, 3.05) is 6.54 Å². The molecule has 34 heavy (non-hydrogen) atoms. The third-order valence-electron chi connectivity index (χ3n) is 11.5. The van der Waals surface area contributed by atoms with E-state index in [4.69, 9.17) is 10.5 Å². The van der Waals surface area contributed by atoms with Crippen LogP contribution in [0.1, 0.15) is 106 Å². The molecule has 4 rings (SSSR count). The minimum absolute atomic E-state index is 0.0398. The van der Waals surface area contributed by atoms with Crippen molar-refractivity contribution in [1.29, 1.82) is 0 Å². The molecule has 0 aromatic carbocycles. The van der Waals surface area contributed by atoms with Gasteiger partial charge in [0.25, 0.3) is 0 Å². The predicted octanol–water partition coefficient (Wildman–Crippen LogP) is 6.47. The normalized spacial score (nSPS) is 39.4. The molecule has 0 heterocycles. The fraction of sp³-hybridized carbons (Fsp3) is 0.867. The molecule has 192 valence electrons. The quantitative estimate of drug-likeness (QED) is 0.432. The second kappa shape index (κ2) is 9.37. The highest BCUT2D eigenvalue weighted by Crippen LogP contribution is 2.67. The zero-order valence-electron chi connectivity index (χ0n) is 22.6. The number of carbonyl (C=O) groups is 2. The monoisotopic (exact) mass is 471 g/mol. The van der Waals surface area contributed by atoms with E-state index in [1.54, 1.807) is 0 Å². The van der Waals surface area contributed by atoms with E-state index in [1.807, 2.05) is 19.9 Å². The number of ketones is 1. The van der Waals surface area contributed by atoms with Gasteiger partial charge in [-0.3, -0.25) is 9.59 Å². The van der Waals surface area contributed by atoms with Gasteiger partial charge in [-0.25, -0.2) is 0 Å². The molecule has 4 nitrogen and oxygen atoms in total. The van der Waals surface area contributed by atoms with Crippen molar-refractivity contribution in [3.63, 3.8) is 0 Å². The van der Waals surface area contributed by atoms with Crippen LogP contribution >= 0.6 is 0 Å². The van der Waals surface area contributed by atoms with Gasteiger partial charge in [-0.15, -0.1) is 0 Å². The van der Waals surface area contributed by atoms with Crippen molar-refractivity contribution in [3.05, 3.63) is 11.6 Å². The first-order chi connectivity index (χ1) is 15.9. The summed E-state index contributed by atoms with van der Waals surface area (Å²) in [5, 5.41) is 0. The summed E-state index contributed by atoms with van der Waals surface area (Å²) in [6.07, 6.45) is 12.8. The predicted molar refractivity (Wildman–Crippen MR) is 137 cm³/mol. The Morgan fingerprint density at radius 1 is 1.12 bits per heavy atom. The average Bonchev–Trinajstić information content (AvgIpc) is 3.15. The van der Waals surface area contributed by atoms with Crippen LogP contribution in [0.2, 0.25) is 0 Å². The molecular formula is C30H49NO3. The number of hydrogen-bond acceptors (Lipinski definition) is 4. The van der Waals surface area contributed by atoms with Crippen molar-refractivity contribution in [3.8, 4) is 0 Å². The van der Waals surface area contributed by atoms with Crippen LogP contribution in [0, 0.1) is 45.8 Å². The average molecular weight is 472 g/mol. The van der Waals surface area contributed by atoms with Gasteiger partial charge in [-0.2, -0.15) is 0 Å². The maximum Gasteiger partial charge on any atom is 0.312 e. The fourth-order valence-corrected chi connectivity index (χ4v) is 8.76. The van der Waals surface area contributed by atoms with E-state index in [0.717, 1.165) is 38.0 Å². The van der Waals surface area contributed by atoms with E-state index in [-0.39, 0.29) is 28.8 Å². The van der Waals surface area contributed by atoms with Crippen molar-refractivity contribution in [1.82, 2.24) is 0 Å². The van der Waals surface area contributed by atoms with Crippen molar-refractivity contribution < 1.29 is 14.3 Å². The highest BCUT2D eigenvalue weighted by atomic mass is 16.5. The van der Waals surface area contributed by atoms with Crippen LogP contribution in [-0.2, 0) is 14.3 Å². The minimum Gasteiger partial charge on any atom is -0.462 e. The van der Waals surface area contributed by atoms with Crippen LogP contribution in [0.3, 0.4) is 0 Å². The van der Waals surface area contributed by atoms with Gasteiger partial charge in [-0.05, 0) is 126 Å². The summed E-state index contributed by atoms with van der Waals surface area (Å²) < 4.78 is 6.25. The molecule has 0 bridgehead atoms. The smallest absolute Gasteiger partial charge is 0.312 e. The highest BCUT2D eigenvalue weighted by Gasteiger charge is 2.60. The summed E-state index contributed by atoms with van der Waals surface area (Å²) in [7, 11) is 0. The summed E-state index contributed by atoms with van der Waals surface area (Å²) in [6.45, 7) is 14.0. The summed E-state index contributed by atoms with van der Waals surface area (Å²) in [5.41, 5.74) is 7.12. The van der Waals surface area contributed by atoms with E-state index < -0.39 is 5.41 Å². The maximum absolute atomic E-state index is 13.3. The molecule has 0 aromatic heterocycles. The molecule has 4 aliphatic rings. The zero-order chi connectivity index (χ0) is 24.9. The van der Waals surface area contributed by atoms with E-state index >= 15 is 0 Å². The van der Waals surface area contributed by atoms with Gasteiger partial charge in [-0.1, -0.05) is 26.3 Å². The second-order valence-electron chi connectivity index (χ2n) is 13.4. The Hall–Kier alpha value is -1.16. The number of nitrogens with two attached hydrogens (primary N) is 1. The van der Waals surface area contributed by atoms with E-state index in [1.165, 1.54) is 37.7 Å². The molecule has 0 spiro atoms. The van der Waals surface area contributed by atoms with Gasteiger partial charge in [0.05, 0.1) is 5.41 Å². The molecule has 8 unspecified atom stereocenters. The van der Waals surface area contributed by atoms with Crippen LogP contribution in [0.25, 0.3) is 0 Å². The van der Waals surface area contributed by atoms with Crippen molar-refractivity contribution in [2.24, 2.45) is 51.6 Å². The van der Waals surface area contributed by atoms with E-state index in [2.05, 4.69) is 27.7 Å². The topological polar surface area (TPSA) is 69.4 Å². The molecule has 0 saturated heterocycles. The van der Waals surface area contributed by atoms with Gasteiger partial charge < -0.3 is 10.5 Å². The fourth-order valence-electron chi connectivity index (χ4n) is 8.76. The molecule has 3 fully saturated rings. The summed E-state index contributed by atoms with van der Waals surface area (Å²) >= 11 is 0. The molecule has 2 N–H and O–H groups in total. The number of ether oxygens (including phenoxy) is 1. The molecule has 0 radical (unpaired) electrons. The van der Waals surface area contributed by atoms with Gasteiger partial charge in [0.2, 0.25) is 0 Å². The van der Waals surface area contributed by atoms with E-state index in [9.17, 15) is 9.59 Å². The Kier molecular flexibility index (Phi) is 7.15. The highest BCUT2D eigenvalue weighted by molar-refractivity contribution is 5.91. The lowest BCUT2D eigenvalue weighted by atomic mass is 9.46. The maximum atomic E-state index is 13.3. The number of rotatable bonds is 7. The van der Waals surface area contributed by atoms with Crippen LogP contribution in [0.4, 0.5) is 0 Å². The lowest BCUT2D eigenvalue weighted by molar-refractivity contribution is -0.168. The molecule has 4 aliphatic carbocycles. The first-order valence-electron chi connectivity index (χ1n) is 14.1. The number of fused-ring (bicyclic) bond motifs is 5. The van der Waals surface area contributed by atoms with Crippen LogP contribution in [-0.4, -0.2) is 24.4 Å². The first-order valence-corrected chi connectivity index (χ1v) is 14.1. The number of carbonyl (C=O) groups excluding carboxylic acids is 2. The Balaban J connectivity index is 1.46.